The zero-order chi connectivity index (χ0) is 14.0. The summed E-state index contributed by atoms with van der Waals surface area (Å²) in [4.78, 5) is 20.7. The summed E-state index contributed by atoms with van der Waals surface area (Å²) >= 11 is 0. The molecule has 1 atom stereocenters. The van der Waals surface area contributed by atoms with Gasteiger partial charge in [-0.1, -0.05) is 6.07 Å². The van der Waals surface area contributed by atoms with Gasteiger partial charge < -0.3 is 4.90 Å². The fourth-order valence-electron chi connectivity index (χ4n) is 3.74. The molecule has 3 heterocycles. The Morgan fingerprint density at radius 3 is 3.00 bits per heavy atom. The van der Waals surface area contributed by atoms with Gasteiger partial charge in [0, 0.05) is 39.0 Å². The molecular weight excluding hydrogens is 250 g/mol. The third kappa shape index (κ3) is 2.57. The number of aromatic nitrogens is 1. The van der Waals surface area contributed by atoms with Gasteiger partial charge in [-0.3, -0.25) is 14.7 Å². The van der Waals surface area contributed by atoms with Gasteiger partial charge in [-0.2, -0.15) is 0 Å². The van der Waals surface area contributed by atoms with Crippen molar-refractivity contribution in [3.05, 3.63) is 30.1 Å². The van der Waals surface area contributed by atoms with E-state index >= 15 is 0 Å². The van der Waals surface area contributed by atoms with E-state index < -0.39 is 0 Å². The summed E-state index contributed by atoms with van der Waals surface area (Å²) in [5.74, 6) is 0.319. The molecule has 0 saturated carbocycles. The third-order valence-electron chi connectivity index (χ3n) is 4.88. The van der Waals surface area contributed by atoms with E-state index in [0.29, 0.717) is 5.91 Å². The number of hydrogen-bond donors (Lipinski definition) is 0. The lowest BCUT2D eigenvalue weighted by atomic mass is 9.80. The average Bonchev–Trinajstić information content (AvgIpc) is 2.46. The van der Waals surface area contributed by atoms with Crippen molar-refractivity contribution in [3.8, 4) is 0 Å². The van der Waals surface area contributed by atoms with Crippen molar-refractivity contribution in [2.75, 3.05) is 20.1 Å². The van der Waals surface area contributed by atoms with Crippen molar-refractivity contribution >= 4 is 5.91 Å². The maximum absolute atomic E-state index is 12.0. The van der Waals surface area contributed by atoms with Gasteiger partial charge in [-0.15, -0.1) is 0 Å². The summed E-state index contributed by atoms with van der Waals surface area (Å²) in [6.07, 6.45) is 9.01. The van der Waals surface area contributed by atoms with E-state index in [1.54, 1.807) is 0 Å². The van der Waals surface area contributed by atoms with E-state index in [2.05, 4.69) is 16.0 Å². The number of rotatable bonds is 2. The second-order valence-electron chi connectivity index (χ2n) is 6.21. The van der Waals surface area contributed by atoms with Gasteiger partial charge in [0.1, 0.15) is 0 Å². The highest BCUT2D eigenvalue weighted by molar-refractivity contribution is 5.77. The molecule has 4 heteroatoms. The molecule has 0 bridgehead atoms. The Balaban J connectivity index is 1.71. The number of hydrogen-bond acceptors (Lipinski definition) is 3. The van der Waals surface area contributed by atoms with Crippen molar-refractivity contribution in [1.29, 1.82) is 0 Å². The van der Waals surface area contributed by atoms with Crippen LogP contribution in [0.15, 0.2) is 24.5 Å². The van der Waals surface area contributed by atoms with Crippen LogP contribution < -0.4 is 0 Å². The number of piperidine rings is 2. The van der Waals surface area contributed by atoms with Crippen LogP contribution in [-0.2, 0) is 11.3 Å². The van der Waals surface area contributed by atoms with E-state index in [1.807, 2.05) is 30.4 Å². The highest BCUT2D eigenvalue weighted by Crippen LogP contribution is 2.35. The fourth-order valence-corrected chi connectivity index (χ4v) is 3.74. The van der Waals surface area contributed by atoms with Crippen LogP contribution in [0.5, 0.6) is 0 Å². The molecule has 1 aromatic heterocycles. The van der Waals surface area contributed by atoms with Crippen LogP contribution >= 0.6 is 0 Å². The minimum Gasteiger partial charge on any atom is -0.339 e. The van der Waals surface area contributed by atoms with Crippen molar-refractivity contribution in [2.45, 2.75) is 44.2 Å². The lowest BCUT2D eigenvalue weighted by Gasteiger charge is -2.50. The van der Waals surface area contributed by atoms with Gasteiger partial charge >= 0.3 is 0 Å². The summed E-state index contributed by atoms with van der Waals surface area (Å²) < 4.78 is 0. The second kappa shape index (κ2) is 5.52. The maximum atomic E-state index is 12.0. The van der Waals surface area contributed by atoms with Crippen molar-refractivity contribution in [3.63, 3.8) is 0 Å². The fraction of sp³-hybridized carbons (Fsp3) is 0.625. The molecule has 0 aliphatic carbocycles. The van der Waals surface area contributed by atoms with Crippen LogP contribution in [-0.4, -0.2) is 46.4 Å². The van der Waals surface area contributed by atoms with E-state index in [0.717, 1.165) is 45.3 Å². The first kappa shape index (κ1) is 13.6. The summed E-state index contributed by atoms with van der Waals surface area (Å²) in [5, 5.41) is 0. The first-order chi connectivity index (χ1) is 9.70. The van der Waals surface area contributed by atoms with Gasteiger partial charge in [0.05, 0.1) is 5.54 Å². The average molecular weight is 273 g/mol. The van der Waals surface area contributed by atoms with Crippen LogP contribution in [0, 0.1) is 0 Å². The number of carbonyl (C=O) groups excluding carboxylic acids is 1. The number of pyridine rings is 1. The Morgan fingerprint density at radius 2 is 2.20 bits per heavy atom. The van der Waals surface area contributed by atoms with Crippen LogP contribution in [0.25, 0.3) is 0 Å². The molecule has 0 N–H and O–H groups in total. The number of likely N-dealkylation sites (N-methyl/N-ethyl adjacent to an activating group) is 1. The number of amides is 1. The van der Waals surface area contributed by atoms with Gasteiger partial charge in [-0.05, 0) is 43.9 Å². The Labute approximate surface area is 120 Å². The molecule has 0 radical (unpaired) electrons. The molecule has 1 amide bonds. The van der Waals surface area contributed by atoms with Crippen LogP contribution in [0.1, 0.15) is 37.7 Å². The van der Waals surface area contributed by atoms with Crippen molar-refractivity contribution in [1.82, 2.24) is 14.8 Å². The van der Waals surface area contributed by atoms with Crippen LogP contribution in [0.4, 0.5) is 0 Å². The molecular formula is C16H23N3O. The minimum atomic E-state index is 0.0792. The van der Waals surface area contributed by atoms with Crippen molar-refractivity contribution in [2.24, 2.45) is 0 Å². The van der Waals surface area contributed by atoms with E-state index in [9.17, 15) is 4.79 Å². The zero-order valence-corrected chi connectivity index (χ0v) is 12.2. The largest absolute Gasteiger partial charge is 0.339 e. The normalized spacial score (nSPS) is 28.1. The standard InChI is InChI=1S/C16H23N3O/c1-18-15(20)6-2-7-16(18)8-4-10-19(13-16)12-14-5-3-9-17-11-14/h3,5,9,11H,2,4,6-8,10,12-13H2,1H3/t16-/m1/s1. The number of nitrogens with zero attached hydrogens (tertiary/aromatic N) is 3. The molecule has 0 aromatic carbocycles. The Morgan fingerprint density at radius 1 is 1.35 bits per heavy atom. The summed E-state index contributed by atoms with van der Waals surface area (Å²) in [6.45, 7) is 3.07. The minimum absolute atomic E-state index is 0.0792. The van der Waals surface area contributed by atoms with E-state index in [-0.39, 0.29) is 5.54 Å². The van der Waals surface area contributed by atoms with Gasteiger partial charge in [0.15, 0.2) is 0 Å². The molecule has 108 valence electrons. The molecule has 1 spiro atoms. The lowest BCUT2D eigenvalue weighted by molar-refractivity contribution is -0.142. The third-order valence-corrected chi connectivity index (χ3v) is 4.88. The number of carbonyl (C=O) groups is 1. The highest BCUT2D eigenvalue weighted by Gasteiger charge is 2.42. The zero-order valence-electron chi connectivity index (χ0n) is 12.2. The van der Waals surface area contributed by atoms with Crippen LogP contribution in [0.3, 0.4) is 0 Å². The molecule has 20 heavy (non-hydrogen) atoms. The maximum Gasteiger partial charge on any atom is 0.222 e. The predicted octanol–water partition coefficient (Wildman–Crippen LogP) is 2.06. The van der Waals surface area contributed by atoms with Crippen molar-refractivity contribution < 1.29 is 4.79 Å². The Hall–Kier alpha value is -1.42. The summed E-state index contributed by atoms with van der Waals surface area (Å²) in [7, 11) is 2.00. The molecule has 4 nitrogen and oxygen atoms in total. The first-order valence-electron chi connectivity index (χ1n) is 7.58. The van der Waals surface area contributed by atoms with E-state index in [1.165, 1.54) is 12.0 Å². The monoisotopic (exact) mass is 273 g/mol. The summed E-state index contributed by atoms with van der Waals surface area (Å²) in [5.41, 5.74) is 1.34. The SMILES string of the molecule is CN1C(=O)CCC[C@]12CCCN(Cc1cccnc1)C2. The highest BCUT2D eigenvalue weighted by atomic mass is 16.2. The molecule has 0 unspecified atom stereocenters. The quantitative estimate of drug-likeness (QED) is 0.827. The summed E-state index contributed by atoms with van der Waals surface area (Å²) in [6, 6.07) is 4.12. The molecule has 2 fully saturated rings. The van der Waals surface area contributed by atoms with Crippen LogP contribution in [0.2, 0.25) is 0 Å². The molecule has 2 saturated heterocycles. The Kier molecular flexibility index (Phi) is 3.74. The predicted molar refractivity (Wildman–Crippen MR) is 78.1 cm³/mol. The topological polar surface area (TPSA) is 36.4 Å². The second-order valence-corrected chi connectivity index (χ2v) is 6.21. The molecule has 2 aliphatic heterocycles. The van der Waals surface area contributed by atoms with Gasteiger partial charge in [0.2, 0.25) is 5.91 Å². The first-order valence-corrected chi connectivity index (χ1v) is 7.58. The van der Waals surface area contributed by atoms with Gasteiger partial charge in [0.25, 0.3) is 0 Å². The molecule has 1 aromatic rings. The number of likely N-dealkylation sites (tertiary alicyclic amines) is 2. The smallest absolute Gasteiger partial charge is 0.222 e. The molecule has 3 rings (SSSR count). The van der Waals surface area contributed by atoms with Gasteiger partial charge in [-0.25, -0.2) is 0 Å². The lowest BCUT2D eigenvalue weighted by Crippen LogP contribution is -2.60. The Bertz CT molecular complexity index is 472. The van der Waals surface area contributed by atoms with E-state index in [4.69, 9.17) is 0 Å². The molecule has 2 aliphatic rings.